The molecule has 0 spiro atoms. The number of rotatable bonds is 5. The van der Waals surface area contributed by atoms with E-state index in [-0.39, 0.29) is 10.8 Å². The molecule has 0 radical (unpaired) electrons. The molecule has 7 heteroatoms. The fourth-order valence-electron chi connectivity index (χ4n) is 1.76. The Morgan fingerprint density at radius 2 is 1.95 bits per heavy atom. The van der Waals surface area contributed by atoms with Gasteiger partial charge >= 0.3 is 0 Å². The molecule has 0 aliphatic rings. The van der Waals surface area contributed by atoms with Crippen LogP contribution in [0.2, 0.25) is 0 Å². The number of hydrogen-bond donors (Lipinski definition) is 1. The molecule has 21 heavy (non-hydrogen) atoms. The lowest BCUT2D eigenvalue weighted by molar-refractivity contribution is 0.0959. The number of thiophene rings is 1. The number of anilines is 1. The van der Waals surface area contributed by atoms with E-state index >= 15 is 0 Å². The Hall–Kier alpha value is -1.86. The van der Waals surface area contributed by atoms with Gasteiger partial charge in [0.15, 0.2) is 0 Å². The summed E-state index contributed by atoms with van der Waals surface area (Å²) in [5, 5.41) is 4.14. The quantitative estimate of drug-likeness (QED) is 0.918. The Balaban J connectivity index is 2.30. The number of sulfonamides is 1. The van der Waals surface area contributed by atoms with Crippen molar-refractivity contribution in [3.05, 3.63) is 46.7 Å². The molecule has 0 saturated carbocycles. The van der Waals surface area contributed by atoms with Crippen molar-refractivity contribution in [2.75, 3.05) is 17.9 Å². The van der Waals surface area contributed by atoms with E-state index in [1.165, 1.54) is 22.8 Å². The van der Waals surface area contributed by atoms with Gasteiger partial charge in [-0.1, -0.05) is 18.2 Å². The second kappa shape index (κ2) is 6.28. The van der Waals surface area contributed by atoms with E-state index < -0.39 is 10.0 Å². The molecule has 2 aromatic rings. The first-order chi connectivity index (χ1) is 9.96. The normalized spacial score (nSPS) is 11.1. The van der Waals surface area contributed by atoms with Crippen LogP contribution in [0.3, 0.4) is 0 Å². The van der Waals surface area contributed by atoms with Crippen molar-refractivity contribution in [1.29, 1.82) is 0 Å². The fourth-order valence-corrected chi connectivity index (χ4v) is 4.13. The maximum absolute atomic E-state index is 12.5. The van der Waals surface area contributed by atoms with Crippen molar-refractivity contribution in [2.45, 2.75) is 11.8 Å². The molecule has 0 aliphatic carbocycles. The first-order valence-electron chi connectivity index (χ1n) is 6.37. The van der Waals surface area contributed by atoms with Crippen LogP contribution in [0, 0.1) is 0 Å². The van der Waals surface area contributed by atoms with Gasteiger partial charge < -0.3 is 5.32 Å². The standard InChI is InChI=1S/C14H16N2O3S2/c1-3-15-14(17)13-9-12(10-20-13)21(18,19)16(2)11-7-5-4-6-8-11/h4-10H,3H2,1-2H3,(H,15,17). The van der Waals surface area contributed by atoms with Crippen LogP contribution in [0.15, 0.2) is 46.7 Å². The summed E-state index contributed by atoms with van der Waals surface area (Å²) in [6.45, 7) is 2.31. The van der Waals surface area contributed by atoms with Gasteiger partial charge in [0.25, 0.3) is 15.9 Å². The van der Waals surface area contributed by atoms with Crippen LogP contribution < -0.4 is 9.62 Å². The molecule has 1 aromatic carbocycles. The van der Waals surface area contributed by atoms with Gasteiger partial charge in [-0.2, -0.15) is 0 Å². The molecule has 1 N–H and O–H groups in total. The highest BCUT2D eigenvalue weighted by atomic mass is 32.2. The number of para-hydroxylation sites is 1. The first-order valence-corrected chi connectivity index (χ1v) is 8.69. The van der Waals surface area contributed by atoms with Crippen LogP contribution in [0.25, 0.3) is 0 Å². The Kier molecular flexibility index (Phi) is 4.64. The average Bonchev–Trinajstić information content (AvgIpc) is 2.98. The van der Waals surface area contributed by atoms with Crippen molar-refractivity contribution in [1.82, 2.24) is 5.32 Å². The smallest absolute Gasteiger partial charge is 0.264 e. The molecule has 112 valence electrons. The van der Waals surface area contributed by atoms with Crippen LogP contribution >= 0.6 is 11.3 Å². The van der Waals surface area contributed by atoms with Gasteiger partial charge in [-0.25, -0.2) is 8.42 Å². The van der Waals surface area contributed by atoms with Gasteiger partial charge in [0, 0.05) is 19.0 Å². The number of carbonyl (C=O) groups is 1. The third-order valence-corrected chi connectivity index (χ3v) is 5.76. The summed E-state index contributed by atoms with van der Waals surface area (Å²) in [4.78, 5) is 12.2. The Labute approximate surface area is 128 Å². The zero-order chi connectivity index (χ0) is 15.5. The summed E-state index contributed by atoms with van der Waals surface area (Å²) in [6.07, 6.45) is 0. The molecule has 0 saturated heterocycles. The van der Waals surface area contributed by atoms with E-state index in [2.05, 4.69) is 5.32 Å². The minimum Gasteiger partial charge on any atom is -0.352 e. The number of carbonyl (C=O) groups excluding carboxylic acids is 1. The van der Waals surface area contributed by atoms with E-state index in [4.69, 9.17) is 0 Å². The molecule has 5 nitrogen and oxygen atoms in total. The molecule has 0 aliphatic heterocycles. The summed E-state index contributed by atoms with van der Waals surface area (Å²) in [5.74, 6) is -0.258. The predicted octanol–water partition coefficient (Wildman–Crippen LogP) is 2.32. The van der Waals surface area contributed by atoms with Crippen molar-refractivity contribution in [3.63, 3.8) is 0 Å². The van der Waals surface area contributed by atoms with Crippen LogP contribution in [-0.2, 0) is 10.0 Å². The average molecular weight is 324 g/mol. The zero-order valence-corrected chi connectivity index (χ0v) is 13.4. The lowest BCUT2D eigenvalue weighted by Crippen LogP contribution is -2.26. The van der Waals surface area contributed by atoms with Gasteiger partial charge in [-0.3, -0.25) is 9.10 Å². The lowest BCUT2D eigenvalue weighted by Gasteiger charge is -2.18. The van der Waals surface area contributed by atoms with Crippen LogP contribution in [0.5, 0.6) is 0 Å². The molecular weight excluding hydrogens is 308 g/mol. The number of benzene rings is 1. The third-order valence-electron chi connectivity index (χ3n) is 2.91. The highest BCUT2D eigenvalue weighted by Crippen LogP contribution is 2.25. The first kappa shape index (κ1) is 15.5. The number of nitrogens with one attached hydrogen (secondary N) is 1. The molecule has 0 atom stereocenters. The highest BCUT2D eigenvalue weighted by Gasteiger charge is 2.23. The maximum Gasteiger partial charge on any atom is 0.264 e. The fraction of sp³-hybridized carbons (Fsp3) is 0.214. The summed E-state index contributed by atoms with van der Waals surface area (Å²) >= 11 is 1.12. The summed E-state index contributed by atoms with van der Waals surface area (Å²) in [5.41, 5.74) is 0.572. The van der Waals surface area contributed by atoms with Gasteiger partial charge in [0.05, 0.1) is 15.5 Å². The van der Waals surface area contributed by atoms with Crippen LogP contribution in [0.4, 0.5) is 5.69 Å². The molecule has 0 bridgehead atoms. The topological polar surface area (TPSA) is 66.5 Å². The van der Waals surface area contributed by atoms with E-state index in [0.717, 1.165) is 11.3 Å². The summed E-state index contributed by atoms with van der Waals surface area (Å²) in [6, 6.07) is 10.2. The Morgan fingerprint density at radius 1 is 1.29 bits per heavy atom. The molecule has 1 heterocycles. The second-order valence-electron chi connectivity index (χ2n) is 4.31. The van der Waals surface area contributed by atoms with E-state index in [0.29, 0.717) is 17.1 Å². The van der Waals surface area contributed by atoms with Gasteiger partial charge in [0.1, 0.15) is 0 Å². The third kappa shape index (κ3) is 3.25. The summed E-state index contributed by atoms with van der Waals surface area (Å²) < 4.78 is 26.3. The molecule has 2 rings (SSSR count). The van der Waals surface area contributed by atoms with Crippen LogP contribution in [0.1, 0.15) is 16.6 Å². The predicted molar refractivity (Wildman–Crippen MR) is 84.4 cm³/mol. The van der Waals surface area contributed by atoms with Gasteiger partial charge in [0.2, 0.25) is 0 Å². The van der Waals surface area contributed by atoms with E-state index in [1.54, 1.807) is 24.3 Å². The molecule has 1 amide bonds. The second-order valence-corrected chi connectivity index (χ2v) is 7.19. The number of hydrogen-bond acceptors (Lipinski definition) is 4. The number of amides is 1. The van der Waals surface area contributed by atoms with Crippen molar-refractivity contribution in [3.8, 4) is 0 Å². The molecule has 1 aromatic heterocycles. The van der Waals surface area contributed by atoms with Crippen molar-refractivity contribution >= 4 is 33.0 Å². The minimum atomic E-state index is -3.66. The van der Waals surface area contributed by atoms with E-state index in [1.807, 2.05) is 13.0 Å². The lowest BCUT2D eigenvalue weighted by atomic mass is 10.3. The van der Waals surface area contributed by atoms with Crippen molar-refractivity contribution in [2.24, 2.45) is 0 Å². The molecular formula is C14H16N2O3S2. The maximum atomic E-state index is 12.5. The SMILES string of the molecule is CCNC(=O)c1cc(S(=O)(=O)N(C)c2ccccc2)cs1. The summed E-state index contributed by atoms with van der Waals surface area (Å²) in [7, 11) is -2.16. The van der Waals surface area contributed by atoms with E-state index in [9.17, 15) is 13.2 Å². The largest absolute Gasteiger partial charge is 0.352 e. The Morgan fingerprint density at radius 3 is 2.57 bits per heavy atom. The van der Waals surface area contributed by atoms with Crippen LogP contribution in [-0.4, -0.2) is 27.9 Å². The molecule has 0 fully saturated rings. The zero-order valence-electron chi connectivity index (χ0n) is 11.7. The van der Waals surface area contributed by atoms with Crippen molar-refractivity contribution < 1.29 is 13.2 Å². The number of nitrogens with zero attached hydrogens (tertiary/aromatic N) is 1. The van der Waals surface area contributed by atoms with Gasteiger partial charge in [-0.05, 0) is 25.1 Å². The monoisotopic (exact) mass is 324 g/mol. The molecule has 0 unspecified atom stereocenters. The highest BCUT2D eigenvalue weighted by molar-refractivity contribution is 7.93. The van der Waals surface area contributed by atoms with Gasteiger partial charge in [-0.15, -0.1) is 11.3 Å². The Bertz CT molecular complexity index is 724. The minimum absolute atomic E-state index is 0.125.